The Kier molecular flexibility index (Phi) is 4.55. The third kappa shape index (κ3) is 3.94. The van der Waals surface area contributed by atoms with Crippen molar-refractivity contribution in [1.82, 2.24) is 0 Å². The monoisotopic (exact) mass is 200 g/mol. The molecule has 0 bridgehead atoms. The van der Waals surface area contributed by atoms with Gasteiger partial charge in [-0.2, -0.15) is 0 Å². The van der Waals surface area contributed by atoms with Crippen LogP contribution < -0.4 is 0 Å². The molecule has 0 saturated carbocycles. The van der Waals surface area contributed by atoms with E-state index in [-0.39, 0.29) is 5.78 Å². The van der Waals surface area contributed by atoms with E-state index in [9.17, 15) is 4.79 Å². The molecule has 0 radical (unpaired) electrons. The minimum absolute atomic E-state index is 0.202. The lowest BCUT2D eigenvalue weighted by Crippen LogP contribution is -1.95. The lowest BCUT2D eigenvalue weighted by atomic mass is 10.1. The van der Waals surface area contributed by atoms with Crippen LogP contribution in [0.2, 0.25) is 0 Å². The smallest absolute Gasteiger partial charge is 0.158 e. The van der Waals surface area contributed by atoms with Gasteiger partial charge in [0, 0.05) is 6.42 Å². The summed E-state index contributed by atoms with van der Waals surface area (Å²) in [5, 5.41) is 0. The molecule has 0 saturated heterocycles. The third-order valence-electron chi connectivity index (χ3n) is 2.20. The Morgan fingerprint density at radius 2 is 1.93 bits per heavy atom. The molecule has 0 unspecified atom stereocenters. The highest BCUT2D eigenvalue weighted by Gasteiger charge is 1.97. The van der Waals surface area contributed by atoms with Crippen molar-refractivity contribution in [2.24, 2.45) is 0 Å². The number of allylic oxidation sites excluding steroid dienone is 3. The number of hydrogen-bond donors (Lipinski definition) is 0. The minimum atomic E-state index is 0.202. The largest absolute Gasteiger partial charge is 0.295 e. The molecule has 0 aliphatic carbocycles. The van der Waals surface area contributed by atoms with Crippen LogP contribution in [-0.2, 0) is 4.79 Å². The summed E-state index contributed by atoms with van der Waals surface area (Å²) >= 11 is 0. The predicted molar refractivity (Wildman–Crippen MR) is 64.5 cm³/mol. The Bertz CT molecular complexity index is 372. The van der Waals surface area contributed by atoms with Crippen molar-refractivity contribution in [1.29, 1.82) is 0 Å². The first-order chi connectivity index (χ1) is 7.24. The fourth-order valence-corrected chi connectivity index (χ4v) is 1.24. The summed E-state index contributed by atoms with van der Waals surface area (Å²) < 4.78 is 0. The van der Waals surface area contributed by atoms with Crippen molar-refractivity contribution in [3.05, 3.63) is 53.6 Å². The summed E-state index contributed by atoms with van der Waals surface area (Å²) in [4.78, 5) is 11.3. The molecular formula is C14H16O. The zero-order valence-corrected chi connectivity index (χ0v) is 9.23. The van der Waals surface area contributed by atoms with Gasteiger partial charge >= 0.3 is 0 Å². The van der Waals surface area contributed by atoms with Crippen molar-refractivity contribution in [3.63, 3.8) is 0 Å². The van der Waals surface area contributed by atoms with E-state index in [0.29, 0.717) is 6.42 Å². The quantitative estimate of drug-likeness (QED) is 0.536. The van der Waals surface area contributed by atoms with Gasteiger partial charge in [-0.05, 0) is 18.1 Å². The second-order valence-corrected chi connectivity index (χ2v) is 3.40. The van der Waals surface area contributed by atoms with Crippen molar-refractivity contribution in [3.8, 4) is 0 Å². The molecule has 0 fully saturated rings. The highest BCUT2D eigenvalue weighted by Crippen LogP contribution is 2.03. The molecule has 0 heterocycles. The van der Waals surface area contributed by atoms with Gasteiger partial charge in [0.15, 0.2) is 5.78 Å². The average Bonchev–Trinajstić information content (AvgIpc) is 2.29. The fourth-order valence-electron chi connectivity index (χ4n) is 1.24. The van der Waals surface area contributed by atoms with Crippen LogP contribution in [0.3, 0.4) is 0 Å². The number of Topliss-reactive ketones (excluding diaryl/α,β-unsaturated/α-hetero) is 1. The van der Waals surface area contributed by atoms with Gasteiger partial charge in [-0.15, -0.1) is 0 Å². The summed E-state index contributed by atoms with van der Waals surface area (Å²) in [5.74, 6) is 0.202. The predicted octanol–water partition coefficient (Wildman–Crippen LogP) is 3.63. The average molecular weight is 200 g/mol. The maximum atomic E-state index is 11.3. The van der Waals surface area contributed by atoms with E-state index >= 15 is 0 Å². The number of hydrogen-bond acceptors (Lipinski definition) is 1. The molecule has 0 amide bonds. The van der Waals surface area contributed by atoms with Crippen LogP contribution in [0.5, 0.6) is 0 Å². The molecule has 0 N–H and O–H groups in total. The number of rotatable bonds is 4. The van der Waals surface area contributed by atoms with Crippen LogP contribution in [0.1, 0.15) is 25.8 Å². The molecule has 1 nitrogen and oxygen atoms in total. The number of carbonyl (C=O) groups is 1. The molecule has 15 heavy (non-hydrogen) atoms. The van der Waals surface area contributed by atoms with Gasteiger partial charge in [-0.3, -0.25) is 4.79 Å². The fraction of sp³-hybridized carbons (Fsp3) is 0.214. The van der Waals surface area contributed by atoms with Crippen molar-refractivity contribution in [2.75, 3.05) is 0 Å². The summed E-state index contributed by atoms with van der Waals surface area (Å²) in [6, 6.07) is 10.0. The van der Waals surface area contributed by atoms with E-state index in [1.807, 2.05) is 62.4 Å². The number of carbonyl (C=O) groups excluding carboxylic acids is 1. The van der Waals surface area contributed by atoms with E-state index in [4.69, 9.17) is 0 Å². The normalized spacial score (nSPS) is 12.0. The molecule has 1 heteroatoms. The van der Waals surface area contributed by atoms with Crippen molar-refractivity contribution < 1.29 is 4.79 Å². The second kappa shape index (κ2) is 5.97. The molecule has 0 spiro atoms. The molecule has 0 aromatic heterocycles. The van der Waals surface area contributed by atoms with Gasteiger partial charge in [-0.25, -0.2) is 0 Å². The van der Waals surface area contributed by atoms with Crippen LogP contribution in [0.4, 0.5) is 0 Å². The topological polar surface area (TPSA) is 17.1 Å². The summed E-state index contributed by atoms with van der Waals surface area (Å²) in [5.41, 5.74) is 1.95. The molecule has 1 rings (SSSR count). The summed E-state index contributed by atoms with van der Waals surface area (Å²) in [6.07, 6.45) is 6.34. The van der Waals surface area contributed by atoms with Crippen LogP contribution >= 0.6 is 0 Å². The molecule has 78 valence electrons. The highest BCUT2D eigenvalue weighted by molar-refractivity contribution is 5.94. The number of ketones is 1. The van der Waals surface area contributed by atoms with Gasteiger partial charge in [0.05, 0.1) is 0 Å². The molecule has 1 aromatic carbocycles. The van der Waals surface area contributed by atoms with Crippen molar-refractivity contribution >= 4 is 11.9 Å². The van der Waals surface area contributed by atoms with Gasteiger partial charge in [-0.1, -0.05) is 55.5 Å². The minimum Gasteiger partial charge on any atom is -0.295 e. The van der Waals surface area contributed by atoms with E-state index in [0.717, 1.165) is 11.1 Å². The van der Waals surface area contributed by atoms with E-state index in [1.165, 1.54) is 0 Å². The van der Waals surface area contributed by atoms with E-state index < -0.39 is 0 Å². The van der Waals surface area contributed by atoms with E-state index in [2.05, 4.69) is 0 Å². The molecular weight excluding hydrogens is 184 g/mol. The maximum Gasteiger partial charge on any atom is 0.158 e. The van der Waals surface area contributed by atoms with Gasteiger partial charge < -0.3 is 0 Å². The Balaban J connectivity index is 2.64. The van der Waals surface area contributed by atoms with Crippen LogP contribution in [0, 0.1) is 0 Å². The second-order valence-electron chi connectivity index (χ2n) is 3.40. The Hall–Kier alpha value is -1.63. The Morgan fingerprint density at radius 1 is 1.27 bits per heavy atom. The highest BCUT2D eigenvalue weighted by atomic mass is 16.1. The zero-order chi connectivity index (χ0) is 11.1. The molecule has 0 aliphatic rings. The molecule has 1 aromatic rings. The third-order valence-corrected chi connectivity index (χ3v) is 2.20. The Morgan fingerprint density at radius 3 is 2.53 bits per heavy atom. The van der Waals surface area contributed by atoms with Gasteiger partial charge in [0.25, 0.3) is 0 Å². The standard InChI is InChI=1S/C14H16O/c1-3-14(15)12(2)8-7-11-13-9-5-4-6-10-13/h4-11H,3H2,1-2H3. The van der Waals surface area contributed by atoms with Crippen LogP contribution in [0.25, 0.3) is 6.08 Å². The summed E-state index contributed by atoms with van der Waals surface area (Å²) in [6.45, 7) is 3.72. The first-order valence-corrected chi connectivity index (χ1v) is 5.17. The van der Waals surface area contributed by atoms with Gasteiger partial charge in [0.1, 0.15) is 0 Å². The SMILES string of the molecule is CCC(=O)C(C)=CC=Cc1ccccc1. The maximum absolute atomic E-state index is 11.3. The van der Waals surface area contributed by atoms with E-state index in [1.54, 1.807) is 0 Å². The van der Waals surface area contributed by atoms with Crippen LogP contribution in [-0.4, -0.2) is 5.78 Å². The van der Waals surface area contributed by atoms with Gasteiger partial charge in [0.2, 0.25) is 0 Å². The Labute approximate surface area is 91.1 Å². The first kappa shape index (κ1) is 11.4. The molecule has 0 atom stereocenters. The van der Waals surface area contributed by atoms with Crippen LogP contribution in [0.15, 0.2) is 48.1 Å². The lowest BCUT2D eigenvalue weighted by molar-refractivity contribution is -0.115. The number of benzene rings is 1. The lowest BCUT2D eigenvalue weighted by Gasteiger charge is -1.93. The van der Waals surface area contributed by atoms with Crippen molar-refractivity contribution in [2.45, 2.75) is 20.3 Å². The summed E-state index contributed by atoms with van der Waals surface area (Å²) in [7, 11) is 0. The first-order valence-electron chi connectivity index (χ1n) is 5.17. The molecule has 0 aliphatic heterocycles. The zero-order valence-electron chi connectivity index (χ0n) is 9.23.